The number of rotatable bonds is 3. The van der Waals surface area contributed by atoms with Crippen molar-refractivity contribution in [2.45, 2.75) is 25.3 Å². The van der Waals surface area contributed by atoms with Gasteiger partial charge in [0.25, 0.3) is 0 Å². The number of piperazine rings is 1. The molecule has 0 aromatic heterocycles. The molecule has 0 spiro atoms. The Bertz CT molecular complexity index is 471. The van der Waals surface area contributed by atoms with Crippen molar-refractivity contribution in [1.29, 1.82) is 0 Å². The zero-order chi connectivity index (χ0) is 14.1. The van der Waals surface area contributed by atoms with Crippen LogP contribution < -0.4 is 5.32 Å². The highest BCUT2D eigenvalue weighted by Crippen LogP contribution is 2.45. The van der Waals surface area contributed by atoms with E-state index < -0.39 is 11.6 Å². The summed E-state index contributed by atoms with van der Waals surface area (Å²) in [6, 6.07) is 1.77. The van der Waals surface area contributed by atoms with Crippen LogP contribution in [0.1, 0.15) is 30.9 Å². The Balaban J connectivity index is 0.00000121. The lowest BCUT2D eigenvalue weighted by molar-refractivity contribution is 0.0791. The topological polar surface area (TPSA) is 35.5 Å². The molecule has 1 aliphatic carbocycles. The first-order valence-electron chi connectivity index (χ1n) is 7.29. The molecule has 1 atom stereocenters. The van der Waals surface area contributed by atoms with E-state index in [4.69, 9.17) is 0 Å². The zero-order valence-electron chi connectivity index (χ0n) is 12.2. The summed E-state index contributed by atoms with van der Waals surface area (Å²) in [5.74, 6) is -1.24. The van der Waals surface area contributed by atoms with E-state index in [-0.39, 0.29) is 42.2 Å². The van der Waals surface area contributed by atoms with Crippen LogP contribution in [0.4, 0.5) is 8.78 Å². The van der Waals surface area contributed by atoms with Crippen LogP contribution in [0.5, 0.6) is 5.75 Å². The zero-order valence-corrected chi connectivity index (χ0v) is 13.9. The highest BCUT2D eigenvalue weighted by Gasteiger charge is 2.36. The lowest BCUT2D eigenvalue weighted by atomic mass is 9.76. The SMILES string of the molecule is Cl.Cl.Oc1cc(F)cc(F)c1[C@@H](C1CCC1)N1CCNCC1. The van der Waals surface area contributed by atoms with E-state index in [9.17, 15) is 13.9 Å². The number of nitrogens with zero attached hydrogens (tertiary/aromatic N) is 1. The summed E-state index contributed by atoms with van der Waals surface area (Å²) in [5.41, 5.74) is 0.276. The molecule has 0 radical (unpaired) electrons. The van der Waals surface area contributed by atoms with Gasteiger partial charge in [-0.1, -0.05) is 6.42 Å². The molecular weight excluding hydrogens is 333 g/mol. The van der Waals surface area contributed by atoms with Crippen LogP contribution in [-0.4, -0.2) is 36.2 Å². The molecule has 1 heterocycles. The summed E-state index contributed by atoms with van der Waals surface area (Å²) in [7, 11) is 0. The van der Waals surface area contributed by atoms with Crippen molar-refractivity contribution >= 4 is 24.8 Å². The van der Waals surface area contributed by atoms with Crippen molar-refractivity contribution in [3.05, 3.63) is 29.3 Å². The largest absolute Gasteiger partial charge is 0.507 e. The van der Waals surface area contributed by atoms with Gasteiger partial charge in [0.15, 0.2) is 0 Å². The minimum absolute atomic E-state index is 0. The van der Waals surface area contributed by atoms with Gasteiger partial charge in [0.05, 0.1) is 0 Å². The number of phenols is 1. The van der Waals surface area contributed by atoms with E-state index in [2.05, 4.69) is 10.2 Å². The maximum absolute atomic E-state index is 14.2. The summed E-state index contributed by atoms with van der Waals surface area (Å²) in [6.07, 6.45) is 3.24. The minimum Gasteiger partial charge on any atom is -0.507 e. The predicted octanol–water partition coefficient (Wildman–Crippen LogP) is 3.26. The fraction of sp³-hybridized carbons (Fsp3) is 0.600. The molecule has 22 heavy (non-hydrogen) atoms. The first-order valence-corrected chi connectivity index (χ1v) is 7.29. The van der Waals surface area contributed by atoms with Gasteiger partial charge in [-0.25, -0.2) is 8.78 Å². The number of aromatic hydroxyl groups is 1. The van der Waals surface area contributed by atoms with Crippen LogP contribution in [0, 0.1) is 17.6 Å². The van der Waals surface area contributed by atoms with Crippen molar-refractivity contribution in [3.63, 3.8) is 0 Å². The number of benzene rings is 1. The summed E-state index contributed by atoms with van der Waals surface area (Å²) >= 11 is 0. The third-order valence-corrected chi connectivity index (χ3v) is 4.51. The molecule has 1 saturated heterocycles. The van der Waals surface area contributed by atoms with Gasteiger partial charge in [0.1, 0.15) is 17.4 Å². The van der Waals surface area contributed by atoms with Crippen molar-refractivity contribution in [2.24, 2.45) is 5.92 Å². The van der Waals surface area contributed by atoms with E-state index in [0.29, 0.717) is 5.92 Å². The molecule has 0 bridgehead atoms. The van der Waals surface area contributed by atoms with Crippen LogP contribution in [0.25, 0.3) is 0 Å². The van der Waals surface area contributed by atoms with Crippen LogP contribution in [0.2, 0.25) is 0 Å². The standard InChI is InChI=1S/C15H20F2N2O.2ClH/c16-11-8-12(17)14(13(20)9-11)15(10-2-1-3-10)19-6-4-18-5-7-19;;/h8-10,15,18,20H,1-7H2;2*1H/t15-;;/m1../s1. The summed E-state index contributed by atoms with van der Waals surface area (Å²) in [4.78, 5) is 2.22. The maximum atomic E-state index is 14.2. The van der Waals surface area contributed by atoms with Gasteiger partial charge in [0, 0.05) is 49.9 Å². The lowest BCUT2D eigenvalue weighted by Crippen LogP contribution is -2.48. The Morgan fingerprint density at radius 1 is 1.14 bits per heavy atom. The first kappa shape index (κ1) is 19.4. The maximum Gasteiger partial charge on any atom is 0.134 e. The number of halogens is 4. The molecule has 2 N–H and O–H groups in total. The van der Waals surface area contributed by atoms with Crippen LogP contribution >= 0.6 is 24.8 Å². The average molecular weight is 355 g/mol. The summed E-state index contributed by atoms with van der Waals surface area (Å²) < 4.78 is 27.4. The molecule has 3 rings (SSSR count). The van der Waals surface area contributed by atoms with Gasteiger partial charge >= 0.3 is 0 Å². The monoisotopic (exact) mass is 354 g/mol. The second-order valence-corrected chi connectivity index (χ2v) is 5.74. The Morgan fingerprint density at radius 3 is 2.27 bits per heavy atom. The molecule has 126 valence electrons. The number of phenolic OH excluding ortho intramolecular Hbond substituents is 1. The van der Waals surface area contributed by atoms with E-state index in [1.54, 1.807) is 0 Å². The van der Waals surface area contributed by atoms with Crippen molar-refractivity contribution in [2.75, 3.05) is 26.2 Å². The number of hydrogen-bond donors (Lipinski definition) is 2. The van der Waals surface area contributed by atoms with Gasteiger partial charge in [-0.3, -0.25) is 4.90 Å². The average Bonchev–Trinajstić information content (AvgIpc) is 2.35. The van der Waals surface area contributed by atoms with Crippen LogP contribution in [-0.2, 0) is 0 Å². The summed E-state index contributed by atoms with van der Waals surface area (Å²) in [6.45, 7) is 3.40. The number of nitrogens with one attached hydrogen (secondary N) is 1. The van der Waals surface area contributed by atoms with E-state index in [1.165, 1.54) is 0 Å². The molecule has 0 amide bonds. The van der Waals surface area contributed by atoms with E-state index >= 15 is 0 Å². The van der Waals surface area contributed by atoms with Crippen LogP contribution in [0.3, 0.4) is 0 Å². The Kier molecular flexibility index (Phi) is 7.32. The van der Waals surface area contributed by atoms with Gasteiger partial charge < -0.3 is 10.4 Å². The molecule has 1 saturated carbocycles. The highest BCUT2D eigenvalue weighted by atomic mass is 35.5. The molecule has 0 unspecified atom stereocenters. The minimum atomic E-state index is -0.726. The molecule has 2 fully saturated rings. The smallest absolute Gasteiger partial charge is 0.134 e. The summed E-state index contributed by atoms with van der Waals surface area (Å²) in [5, 5.41) is 13.3. The molecule has 3 nitrogen and oxygen atoms in total. The fourth-order valence-corrected chi connectivity index (χ4v) is 3.30. The normalized spacial score (nSPS) is 20.5. The molecule has 1 aromatic carbocycles. The molecule has 1 aliphatic heterocycles. The van der Waals surface area contributed by atoms with Crippen molar-refractivity contribution in [3.8, 4) is 5.75 Å². The molecule has 7 heteroatoms. The van der Waals surface area contributed by atoms with Crippen molar-refractivity contribution < 1.29 is 13.9 Å². The molecular formula is C15H22Cl2F2N2O. The lowest BCUT2D eigenvalue weighted by Gasteiger charge is -2.43. The fourth-order valence-electron chi connectivity index (χ4n) is 3.30. The van der Waals surface area contributed by atoms with Gasteiger partial charge in [-0.15, -0.1) is 24.8 Å². The van der Waals surface area contributed by atoms with E-state index in [1.807, 2.05) is 0 Å². The Hall–Kier alpha value is -0.620. The van der Waals surface area contributed by atoms with Crippen LogP contribution in [0.15, 0.2) is 12.1 Å². The molecule has 2 aliphatic rings. The highest BCUT2D eigenvalue weighted by molar-refractivity contribution is 5.85. The second kappa shape index (κ2) is 8.29. The van der Waals surface area contributed by atoms with E-state index in [0.717, 1.165) is 57.6 Å². The Morgan fingerprint density at radius 2 is 1.77 bits per heavy atom. The Labute approximate surface area is 141 Å². The molecule has 1 aromatic rings. The van der Waals surface area contributed by atoms with Crippen molar-refractivity contribution in [1.82, 2.24) is 10.2 Å². The van der Waals surface area contributed by atoms with Gasteiger partial charge in [-0.2, -0.15) is 0 Å². The van der Waals surface area contributed by atoms with Gasteiger partial charge in [0.2, 0.25) is 0 Å². The third kappa shape index (κ3) is 3.82. The predicted molar refractivity (Wildman–Crippen MR) is 87.0 cm³/mol. The number of hydrogen-bond acceptors (Lipinski definition) is 3. The second-order valence-electron chi connectivity index (χ2n) is 5.74. The van der Waals surface area contributed by atoms with Gasteiger partial charge in [-0.05, 0) is 18.8 Å². The third-order valence-electron chi connectivity index (χ3n) is 4.51. The quantitative estimate of drug-likeness (QED) is 0.874. The first-order chi connectivity index (χ1) is 9.66.